The summed E-state index contributed by atoms with van der Waals surface area (Å²) in [5, 5.41) is 41.7. The number of carbonyl (C=O) groups excluding carboxylic acids is 1. The number of aliphatic hydroxyl groups excluding tert-OH is 4. The van der Waals surface area contributed by atoms with E-state index in [1.165, 1.54) is 40.0 Å². The Hall–Kier alpha value is -2.97. The maximum atomic E-state index is 12.7. The Bertz CT molecular complexity index is 1610. The molecule has 2 fully saturated rings. The number of hydrogen-bond acceptors (Lipinski definition) is 15. The summed E-state index contributed by atoms with van der Waals surface area (Å²) in [5.41, 5.74) is 11.4. The largest absolute Gasteiger partial charge is 0.438 e. The molecular weight excluding hydrogens is 620 g/mol. The number of nitrogens with two attached hydrogens (primary N) is 2. The van der Waals surface area contributed by atoms with Crippen LogP contribution in [0.2, 0.25) is 0 Å². The minimum Gasteiger partial charge on any atom is -0.387 e. The average Bonchev–Trinajstić information content (AvgIpc) is 3.61. The molecule has 2 aliphatic rings. The molecule has 2 saturated heterocycles. The van der Waals surface area contributed by atoms with Crippen LogP contribution < -0.4 is 16.0 Å². The summed E-state index contributed by atoms with van der Waals surface area (Å²) >= 11 is 0. The van der Waals surface area contributed by atoms with Gasteiger partial charge in [-0.1, -0.05) is 0 Å². The fraction of sp³-hybridized carbons (Fsp3) is 0.476. The molecule has 43 heavy (non-hydrogen) atoms. The number of fused-ring (bicyclic) bond motifs is 1. The van der Waals surface area contributed by atoms with E-state index < -0.39 is 82.8 Å². The van der Waals surface area contributed by atoms with Gasteiger partial charge in [0.05, 0.1) is 19.5 Å². The number of ether oxygens (including phenoxy) is 2. The highest BCUT2D eigenvalue weighted by Crippen LogP contribution is 2.78. The summed E-state index contributed by atoms with van der Waals surface area (Å²) in [6, 6.07) is 2.83. The zero-order chi connectivity index (χ0) is 31.3. The van der Waals surface area contributed by atoms with Gasteiger partial charge >= 0.3 is 14.6 Å². The van der Waals surface area contributed by atoms with Crippen molar-refractivity contribution in [3.8, 4) is 0 Å². The third kappa shape index (κ3) is 5.93. The zero-order valence-corrected chi connectivity index (χ0v) is 23.6. The normalized spacial score (nSPS) is 32.0. The number of anilines is 1. The van der Waals surface area contributed by atoms with Crippen molar-refractivity contribution in [3.05, 3.63) is 42.7 Å². The first kappa shape index (κ1) is 31.5. The lowest BCUT2D eigenvalue weighted by Gasteiger charge is -2.22. The first-order valence-electron chi connectivity index (χ1n) is 12.4. The van der Waals surface area contributed by atoms with Crippen molar-refractivity contribution in [2.24, 2.45) is 5.73 Å². The third-order valence-corrected chi connectivity index (χ3v) is 11.1. The maximum absolute atomic E-state index is 12.7. The number of primary amides is 1. The van der Waals surface area contributed by atoms with E-state index >= 15 is 0 Å². The van der Waals surface area contributed by atoms with E-state index in [1.54, 1.807) is 0 Å². The van der Waals surface area contributed by atoms with Gasteiger partial charge in [-0.25, -0.2) is 24.1 Å². The van der Waals surface area contributed by atoms with E-state index in [-0.39, 0.29) is 22.5 Å². The molecule has 0 aromatic carbocycles. The second-order valence-electron chi connectivity index (χ2n) is 9.65. The third-order valence-electron chi connectivity index (χ3n) is 6.87. The van der Waals surface area contributed by atoms with Gasteiger partial charge in [-0.05, 0) is 6.07 Å². The number of nitrogens with zero attached hydrogens (tertiary/aromatic N) is 5. The molecule has 10 unspecified atom stereocenters. The first-order chi connectivity index (χ1) is 20.2. The van der Waals surface area contributed by atoms with Crippen LogP contribution in [0.3, 0.4) is 0 Å². The molecule has 0 bridgehead atoms. The SMILES string of the molecule is NC(=O)c1ccc[n+](C2OC(COP(=O)(O)P(=O)(O)OCC3OC(n4cnc5c(N)ncnc54)C(O)C3O)C(O)C2O)c1. The molecule has 10 atom stereocenters. The van der Waals surface area contributed by atoms with Crippen molar-refractivity contribution in [1.82, 2.24) is 19.5 Å². The Morgan fingerprint density at radius 1 is 0.977 bits per heavy atom. The monoisotopic (exact) mass is 648 g/mol. The lowest BCUT2D eigenvalue weighted by Crippen LogP contribution is -2.46. The molecular formula is C21H28N7O13P2+. The standard InChI is InChI=1S/C21H27N7O13P2/c22-17-12-19(25-7-24-17)28(8-26-12)21-16(32)14(30)11(41-21)6-39-43(36,37)42(34,35)38-5-10-13(29)15(31)20(40-10)27-3-1-2-9(4-27)18(23)33/h1-4,7-8,10-11,13-16,20-21,29-32H,5-6H2,(H5-,22,23,24,25,33,34,35,36,37)/p+1. The highest BCUT2D eigenvalue weighted by Gasteiger charge is 2.53. The molecule has 0 radical (unpaired) electrons. The van der Waals surface area contributed by atoms with Gasteiger partial charge in [-0.15, -0.1) is 0 Å². The van der Waals surface area contributed by atoms with Gasteiger partial charge in [0.25, 0.3) is 12.1 Å². The number of aliphatic hydroxyl groups is 4. The van der Waals surface area contributed by atoms with Crippen molar-refractivity contribution in [3.63, 3.8) is 0 Å². The van der Waals surface area contributed by atoms with E-state index in [1.807, 2.05) is 0 Å². The molecule has 234 valence electrons. The van der Waals surface area contributed by atoms with Gasteiger partial charge in [0, 0.05) is 6.07 Å². The lowest BCUT2D eigenvalue weighted by atomic mass is 10.1. The smallest absolute Gasteiger partial charge is 0.387 e. The van der Waals surface area contributed by atoms with E-state index in [9.17, 15) is 44.1 Å². The first-order valence-corrected chi connectivity index (χ1v) is 16.3. The Morgan fingerprint density at radius 2 is 1.60 bits per heavy atom. The quantitative estimate of drug-likeness (QED) is 0.0805. The molecule has 3 aromatic rings. The van der Waals surface area contributed by atoms with Crippen LogP contribution in [0, 0.1) is 0 Å². The fourth-order valence-electron chi connectivity index (χ4n) is 4.55. The van der Waals surface area contributed by atoms with Crippen molar-refractivity contribution >= 4 is 37.5 Å². The topological polar surface area (TPSA) is 309 Å². The summed E-state index contributed by atoms with van der Waals surface area (Å²) in [5.74, 6) is -0.717. The van der Waals surface area contributed by atoms with Crippen LogP contribution in [0.5, 0.6) is 0 Å². The van der Waals surface area contributed by atoms with Crippen LogP contribution in [-0.4, -0.2) is 105 Å². The molecule has 2 aliphatic heterocycles. The Kier molecular flexibility index (Phi) is 8.67. The summed E-state index contributed by atoms with van der Waals surface area (Å²) in [4.78, 5) is 43.8. The predicted molar refractivity (Wildman–Crippen MR) is 138 cm³/mol. The minimum atomic E-state index is -5.50. The molecule has 5 heterocycles. The summed E-state index contributed by atoms with van der Waals surface area (Å²) in [7, 11) is -11.0. The van der Waals surface area contributed by atoms with Crippen LogP contribution in [0.4, 0.5) is 5.82 Å². The number of hydrogen-bond donors (Lipinski definition) is 8. The number of pyridine rings is 1. The van der Waals surface area contributed by atoms with Crippen LogP contribution in [-0.2, 0) is 27.7 Å². The van der Waals surface area contributed by atoms with E-state index in [0.29, 0.717) is 0 Å². The molecule has 0 spiro atoms. The molecule has 0 saturated carbocycles. The molecule has 20 nitrogen and oxygen atoms in total. The average molecular weight is 648 g/mol. The van der Waals surface area contributed by atoms with Gasteiger partial charge < -0.3 is 51.2 Å². The van der Waals surface area contributed by atoms with Crippen LogP contribution in [0.15, 0.2) is 37.2 Å². The number of amides is 1. The molecule has 0 aliphatic carbocycles. The van der Waals surface area contributed by atoms with Crippen LogP contribution >= 0.6 is 14.6 Å². The zero-order valence-electron chi connectivity index (χ0n) is 21.8. The van der Waals surface area contributed by atoms with Crippen LogP contribution in [0.1, 0.15) is 22.8 Å². The molecule has 3 aromatic heterocycles. The van der Waals surface area contributed by atoms with Gasteiger partial charge in [0.1, 0.15) is 47.9 Å². The molecule has 1 amide bonds. The van der Waals surface area contributed by atoms with Crippen LogP contribution in [0.25, 0.3) is 11.2 Å². The van der Waals surface area contributed by atoms with Gasteiger partial charge in [-0.3, -0.25) is 18.4 Å². The molecule has 10 N–H and O–H groups in total. The second kappa shape index (κ2) is 11.8. The highest BCUT2D eigenvalue weighted by atomic mass is 32.1. The lowest BCUT2D eigenvalue weighted by molar-refractivity contribution is -0.765. The van der Waals surface area contributed by atoms with Gasteiger partial charge in [0.15, 0.2) is 36.2 Å². The molecule has 22 heteroatoms. The maximum Gasteiger partial charge on any atom is 0.438 e. The van der Waals surface area contributed by atoms with E-state index in [2.05, 4.69) is 15.0 Å². The Labute approximate surface area is 241 Å². The second-order valence-corrected chi connectivity index (χ2v) is 15.2. The van der Waals surface area contributed by atoms with Crippen molar-refractivity contribution in [1.29, 1.82) is 0 Å². The Morgan fingerprint density at radius 3 is 2.26 bits per heavy atom. The number of nitrogen functional groups attached to an aromatic ring is 1. The summed E-state index contributed by atoms with van der Waals surface area (Å²) in [6.07, 6.45) is -6.99. The number of imidazole rings is 1. The summed E-state index contributed by atoms with van der Waals surface area (Å²) in [6.45, 7) is -1.87. The van der Waals surface area contributed by atoms with Crippen molar-refractivity contribution in [2.75, 3.05) is 18.9 Å². The van der Waals surface area contributed by atoms with E-state index in [0.717, 1.165) is 6.33 Å². The number of carbonyl (C=O) groups is 1. The van der Waals surface area contributed by atoms with Gasteiger partial charge in [0.2, 0.25) is 0 Å². The molecule has 5 rings (SSSR count). The predicted octanol–water partition coefficient (Wildman–Crippen LogP) is -2.95. The minimum absolute atomic E-state index is 0.0492. The van der Waals surface area contributed by atoms with E-state index in [4.69, 9.17) is 30.0 Å². The number of rotatable bonds is 10. The van der Waals surface area contributed by atoms with Crippen molar-refractivity contribution < 1.29 is 67.2 Å². The fourth-order valence-corrected chi connectivity index (χ4v) is 6.80. The van der Waals surface area contributed by atoms with Crippen molar-refractivity contribution in [2.45, 2.75) is 49.1 Å². The summed E-state index contributed by atoms with van der Waals surface area (Å²) < 4.78 is 48.4. The highest BCUT2D eigenvalue weighted by molar-refractivity contribution is 8.26. The van der Waals surface area contributed by atoms with Gasteiger partial charge in [-0.2, -0.15) is 4.57 Å². The Balaban J connectivity index is 1.20. The number of aromatic nitrogens is 5.